The van der Waals surface area contributed by atoms with E-state index >= 15 is 0 Å². The molecule has 0 rings (SSSR count). The first-order chi connectivity index (χ1) is 8.37. The molecule has 0 unspecified atom stereocenters. The van der Waals surface area contributed by atoms with E-state index in [1.54, 1.807) is 11.9 Å². The number of hydrogen-bond acceptors (Lipinski definition) is 3. The van der Waals surface area contributed by atoms with Gasteiger partial charge in [-0.25, -0.2) is 0 Å². The Bertz CT molecular complexity index is 260. The topological polar surface area (TPSA) is 57.6 Å². The van der Waals surface area contributed by atoms with E-state index < -0.39 is 18.3 Å². The van der Waals surface area contributed by atoms with Crippen molar-refractivity contribution in [2.75, 3.05) is 20.1 Å². The van der Waals surface area contributed by atoms with Crippen LogP contribution in [0.3, 0.4) is 0 Å². The minimum atomic E-state index is -3.23. The van der Waals surface area contributed by atoms with Crippen molar-refractivity contribution in [2.45, 2.75) is 44.4 Å². The summed E-state index contributed by atoms with van der Waals surface area (Å²) in [5.74, 6) is -4.02. The maximum Gasteiger partial charge on any atom is 0.303 e. The van der Waals surface area contributed by atoms with Crippen LogP contribution in [-0.2, 0) is 9.59 Å². The largest absolute Gasteiger partial charge is 0.481 e. The van der Waals surface area contributed by atoms with Crippen molar-refractivity contribution in [3.63, 3.8) is 0 Å². The normalized spacial score (nSPS) is 11.8. The van der Waals surface area contributed by atoms with Crippen LogP contribution in [0, 0.1) is 0 Å². The molecule has 0 aromatic heterocycles. The molecule has 0 aromatic rings. The van der Waals surface area contributed by atoms with Gasteiger partial charge in [-0.05, 0) is 26.4 Å². The van der Waals surface area contributed by atoms with E-state index in [4.69, 9.17) is 5.11 Å². The fourth-order valence-corrected chi connectivity index (χ4v) is 1.52. The minimum absolute atomic E-state index is 0.181. The Balaban J connectivity index is 3.45. The molecule has 18 heavy (non-hydrogen) atoms. The second-order valence-electron chi connectivity index (χ2n) is 4.49. The van der Waals surface area contributed by atoms with Crippen molar-refractivity contribution < 1.29 is 23.5 Å². The molecule has 0 heterocycles. The van der Waals surface area contributed by atoms with E-state index in [2.05, 4.69) is 0 Å². The van der Waals surface area contributed by atoms with Crippen LogP contribution in [0.15, 0.2) is 0 Å². The average molecular weight is 265 g/mol. The highest BCUT2D eigenvalue weighted by molar-refractivity contribution is 5.66. The number of nitrogens with zero attached hydrogens (tertiary/aromatic N) is 1. The summed E-state index contributed by atoms with van der Waals surface area (Å²) < 4.78 is 25.3. The van der Waals surface area contributed by atoms with E-state index in [0.717, 1.165) is 19.3 Å². The fraction of sp³-hybridized carbons (Fsp3) is 0.833. The monoisotopic (exact) mass is 265 g/mol. The molecule has 6 heteroatoms. The second-order valence-corrected chi connectivity index (χ2v) is 4.49. The molecule has 1 N–H and O–H groups in total. The molecule has 0 spiro atoms. The number of carbonyl (C=O) groups excluding carboxylic acids is 1. The van der Waals surface area contributed by atoms with Gasteiger partial charge in [0.15, 0.2) is 6.29 Å². The Morgan fingerprint density at radius 3 is 2.39 bits per heavy atom. The molecule has 0 saturated heterocycles. The Hall–Kier alpha value is -1.04. The van der Waals surface area contributed by atoms with Crippen molar-refractivity contribution in [2.24, 2.45) is 0 Å². The standard InChI is InChI=1S/C12H21F2NO3/c1-15(9-7-12(13,14)10-16)8-5-3-2-4-6-11(17)18/h10H,2-9H2,1H3,(H,17,18). The van der Waals surface area contributed by atoms with Gasteiger partial charge in [0.2, 0.25) is 0 Å². The van der Waals surface area contributed by atoms with E-state index in [1.165, 1.54) is 0 Å². The number of aldehydes is 1. The molecule has 0 aliphatic rings. The SMILES string of the molecule is CN(CCCCCCC(=O)O)CCC(F)(F)C=O. The van der Waals surface area contributed by atoms with Gasteiger partial charge in [0.1, 0.15) is 0 Å². The summed E-state index contributed by atoms with van der Waals surface area (Å²) in [6.07, 6.45) is 2.65. The molecule has 0 aliphatic carbocycles. The average Bonchev–Trinajstić information content (AvgIpc) is 2.31. The molecular weight excluding hydrogens is 244 g/mol. The third-order valence-corrected chi connectivity index (χ3v) is 2.68. The van der Waals surface area contributed by atoms with Crippen LogP contribution < -0.4 is 0 Å². The summed E-state index contributed by atoms with van der Waals surface area (Å²) in [5.41, 5.74) is 0. The Morgan fingerprint density at radius 2 is 1.83 bits per heavy atom. The number of alkyl halides is 2. The summed E-state index contributed by atoms with van der Waals surface area (Å²) in [5, 5.41) is 8.42. The number of hydrogen-bond donors (Lipinski definition) is 1. The van der Waals surface area contributed by atoms with Gasteiger partial charge in [0.05, 0.1) is 0 Å². The summed E-state index contributed by atoms with van der Waals surface area (Å²) in [7, 11) is 1.73. The molecule has 0 bridgehead atoms. The van der Waals surface area contributed by atoms with Gasteiger partial charge in [0, 0.05) is 19.4 Å². The second kappa shape index (κ2) is 8.97. The maximum atomic E-state index is 12.6. The summed E-state index contributed by atoms with van der Waals surface area (Å²) in [6, 6.07) is 0. The molecular formula is C12H21F2NO3. The first-order valence-electron chi connectivity index (χ1n) is 6.12. The van der Waals surface area contributed by atoms with Gasteiger partial charge in [-0.2, -0.15) is 8.78 Å². The van der Waals surface area contributed by atoms with Gasteiger partial charge >= 0.3 is 11.9 Å². The number of aliphatic carboxylic acids is 1. The molecule has 0 aliphatic heterocycles. The van der Waals surface area contributed by atoms with Crippen LogP contribution >= 0.6 is 0 Å². The Morgan fingerprint density at radius 1 is 1.22 bits per heavy atom. The number of carboxylic acids is 1. The van der Waals surface area contributed by atoms with E-state index in [1.807, 2.05) is 0 Å². The maximum absolute atomic E-state index is 12.6. The van der Waals surface area contributed by atoms with Crippen LogP contribution in [-0.4, -0.2) is 48.3 Å². The van der Waals surface area contributed by atoms with Crippen molar-refractivity contribution in [3.8, 4) is 0 Å². The van der Waals surface area contributed by atoms with E-state index in [9.17, 15) is 18.4 Å². The fourth-order valence-electron chi connectivity index (χ4n) is 1.52. The van der Waals surface area contributed by atoms with Crippen LogP contribution in [0.5, 0.6) is 0 Å². The molecule has 0 radical (unpaired) electrons. The lowest BCUT2D eigenvalue weighted by Crippen LogP contribution is -2.28. The quantitative estimate of drug-likeness (QED) is 0.459. The Labute approximate surface area is 106 Å². The highest BCUT2D eigenvalue weighted by Gasteiger charge is 2.27. The smallest absolute Gasteiger partial charge is 0.303 e. The lowest BCUT2D eigenvalue weighted by atomic mass is 10.1. The number of carboxylic acid groups (broad SMARTS) is 1. The number of halogens is 2. The zero-order valence-electron chi connectivity index (χ0n) is 10.7. The molecule has 0 saturated carbocycles. The van der Waals surface area contributed by atoms with Gasteiger partial charge in [-0.1, -0.05) is 12.8 Å². The van der Waals surface area contributed by atoms with E-state index in [-0.39, 0.29) is 19.3 Å². The van der Waals surface area contributed by atoms with Crippen molar-refractivity contribution in [1.29, 1.82) is 0 Å². The first-order valence-corrected chi connectivity index (χ1v) is 6.12. The van der Waals surface area contributed by atoms with Crippen molar-refractivity contribution >= 4 is 12.3 Å². The van der Waals surface area contributed by atoms with Crippen molar-refractivity contribution in [3.05, 3.63) is 0 Å². The summed E-state index contributed by atoms with van der Waals surface area (Å²) >= 11 is 0. The predicted octanol–water partition coefficient (Wildman–Crippen LogP) is 2.18. The van der Waals surface area contributed by atoms with Gasteiger partial charge in [-0.3, -0.25) is 9.59 Å². The summed E-state index contributed by atoms with van der Waals surface area (Å²) in [4.78, 5) is 22.0. The molecule has 106 valence electrons. The zero-order chi connectivity index (χ0) is 14.0. The lowest BCUT2D eigenvalue weighted by Gasteiger charge is -2.18. The zero-order valence-corrected chi connectivity index (χ0v) is 10.7. The molecule has 0 fully saturated rings. The highest BCUT2D eigenvalue weighted by Crippen LogP contribution is 2.15. The number of rotatable bonds is 11. The van der Waals surface area contributed by atoms with Crippen LogP contribution in [0.2, 0.25) is 0 Å². The van der Waals surface area contributed by atoms with Crippen LogP contribution in [0.1, 0.15) is 38.5 Å². The molecule has 0 amide bonds. The van der Waals surface area contributed by atoms with E-state index in [0.29, 0.717) is 13.0 Å². The number of carbonyl (C=O) groups is 2. The predicted molar refractivity (Wildman–Crippen MR) is 63.8 cm³/mol. The van der Waals surface area contributed by atoms with Crippen molar-refractivity contribution in [1.82, 2.24) is 4.90 Å². The minimum Gasteiger partial charge on any atom is -0.481 e. The molecule has 4 nitrogen and oxygen atoms in total. The summed E-state index contributed by atoms with van der Waals surface area (Å²) in [6.45, 7) is 0.864. The first kappa shape index (κ1) is 17.0. The van der Waals surface area contributed by atoms with Gasteiger partial charge < -0.3 is 10.0 Å². The third kappa shape index (κ3) is 10.1. The Kier molecular flexibility index (Phi) is 8.45. The van der Waals surface area contributed by atoms with Crippen LogP contribution in [0.4, 0.5) is 8.78 Å². The number of unbranched alkanes of at least 4 members (excludes halogenated alkanes) is 3. The van der Waals surface area contributed by atoms with Crippen LogP contribution in [0.25, 0.3) is 0 Å². The molecule has 0 atom stereocenters. The van der Waals surface area contributed by atoms with Gasteiger partial charge in [-0.15, -0.1) is 0 Å². The lowest BCUT2D eigenvalue weighted by molar-refractivity contribution is -0.137. The molecule has 0 aromatic carbocycles. The highest BCUT2D eigenvalue weighted by atomic mass is 19.3. The third-order valence-electron chi connectivity index (χ3n) is 2.68. The van der Waals surface area contributed by atoms with Gasteiger partial charge in [0.25, 0.3) is 0 Å².